The minimum absolute atomic E-state index is 0.00908. The van der Waals surface area contributed by atoms with Crippen LogP contribution in [0, 0.1) is 6.92 Å². The van der Waals surface area contributed by atoms with E-state index in [2.05, 4.69) is 15.1 Å². The van der Waals surface area contributed by atoms with Crippen molar-refractivity contribution in [2.45, 2.75) is 23.8 Å². The zero-order valence-corrected chi connectivity index (χ0v) is 11.9. The van der Waals surface area contributed by atoms with Crippen molar-refractivity contribution in [3.8, 4) is 0 Å². The van der Waals surface area contributed by atoms with Crippen molar-refractivity contribution in [3.63, 3.8) is 0 Å². The minimum atomic E-state index is 0.00908. The van der Waals surface area contributed by atoms with Gasteiger partial charge in [0.2, 0.25) is 0 Å². The van der Waals surface area contributed by atoms with Gasteiger partial charge in [0.05, 0.1) is 0 Å². The van der Waals surface area contributed by atoms with Gasteiger partial charge in [-0.2, -0.15) is 0 Å². The number of nitrogens with zero attached hydrogens (tertiary/aromatic N) is 3. The summed E-state index contributed by atoms with van der Waals surface area (Å²) in [6.45, 7) is 1.94. The molecule has 5 nitrogen and oxygen atoms in total. The number of thioether (sulfide) groups is 1. The van der Waals surface area contributed by atoms with Gasteiger partial charge in [0.15, 0.2) is 5.16 Å². The molecule has 0 saturated heterocycles. The van der Waals surface area contributed by atoms with E-state index in [1.807, 2.05) is 37.3 Å². The lowest BCUT2D eigenvalue weighted by atomic mass is 10.1. The van der Waals surface area contributed by atoms with Crippen LogP contribution in [0.3, 0.4) is 0 Å². The second-order valence-electron chi connectivity index (χ2n) is 4.36. The van der Waals surface area contributed by atoms with Crippen LogP contribution in [0.2, 0.25) is 0 Å². The molecule has 0 aliphatic carbocycles. The van der Waals surface area contributed by atoms with Gasteiger partial charge in [0, 0.05) is 24.1 Å². The summed E-state index contributed by atoms with van der Waals surface area (Å²) in [6.07, 6.45) is 3.99. The Morgan fingerprint density at radius 1 is 1.30 bits per heavy atom. The van der Waals surface area contributed by atoms with E-state index in [1.165, 1.54) is 11.8 Å². The fourth-order valence-electron chi connectivity index (χ4n) is 1.69. The Bertz CT molecular complexity index is 571. The Hall–Kier alpha value is -2.08. The standard InChI is InChI=1S/C14H16N4OS/c1-10-8-16-14(17-9-10)20-12(7-13(15)18-19)11-5-3-2-4-6-11/h2-6,8-9,12,19H,7H2,1H3,(H2,15,18). The third-order valence-electron chi connectivity index (χ3n) is 2.70. The fraction of sp³-hybridized carbons (Fsp3) is 0.214. The van der Waals surface area contributed by atoms with Crippen molar-refractivity contribution in [1.82, 2.24) is 9.97 Å². The molecule has 0 fully saturated rings. The highest BCUT2D eigenvalue weighted by atomic mass is 32.2. The number of rotatable bonds is 5. The maximum absolute atomic E-state index is 8.76. The van der Waals surface area contributed by atoms with E-state index in [9.17, 15) is 0 Å². The van der Waals surface area contributed by atoms with Crippen LogP contribution in [0.25, 0.3) is 0 Å². The van der Waals surface area contributed by atoms with Crippen molar-refractivity contribution >= 4 is 17.6 Å². The summed E-state index contributed by atoms with van der Waals surface area (Å²) in [5.41, 5.74) is 7.74. The Morgan fingerprint density at radius 2 is 1.95 bits per heavy atom. The number of amidine groups is 1. The van der Waals surface area contributed by atoms with Gasteiger partial charge in [-0.15, -0.1) is 0 Å². The van der Waals surface area contributed by atoms with Crippen LogP contribution in [0.15, 0.2) is 53.0 Å². The average molecular weight is 288 g/mol. The van der Waals surface area contributed by atoms with E-state index < -0.39 is 0 Å². The molecule has 20 heavy (non-hydrogen) atoms. The van der Waals surface area contributed by atoms with Crippen LogP contribution in [0.4, 0.5) is 0 Å². The summed E-state index contributed by atoms with van der Waals surface area (Å²) in [5, 5.41) is 12.5. The first kappa shape index (κ1) is 14.3. The molecule has 0 bridgehead atoms. The summed E-state index contributed by atoms with van der Waals surface area (Å²) >= 11 is 1.50. The van der Waals surface area contributed by atoms with Gasteiger partial charge in [-0.25, -0.2) is 9.97 Å². The van der Waals surface area contributed by atoms with E-state index in [4.69, 9.17) is 10.9 Å². The highest BCUT2D eigenvalue weighted by Gasteiger charge is 2.16. The number of nitrogens with two attached hydrogens (primary N) is 1. The van der Waals surface area contributed by atoms with Crippen molar-refractivity contribution in [3.05, 3.63) is 53.9 Å². The molecule has 0 aliphatic rings. The number of hydrogen-bond donors (Lipinski definition) is 2. The zero-order valence-electron chi connectivity index (χ0n) is 11.1. The molecule has 1 aromatic carbocycles. The highest BCUT2D eigenvalue weighted by molar-refractivity contribution is 7.99. The van der Waals surface area contributed by atoms with Gasteiger partial charge in [0.1, 0.15) is 5.84 Å². The molecule has 0 spiro atoms. The van der Waals surface area contributed by atoms with Crippen molar-refractivity contribution in [2.24, 2.45) is 10.9 Å². The molecular formula is C14H16N4OS. The molecule has 0 aliphatic heterocycles. The number of aromatic nitrogens is 2. The first-order chi connectivity index (χ1) is 9.69. The molecule has 1 heterocycles. The molecule has 104 valence electrons. The Balaban J connectivity index is 2.20. The van der Waals surface area contributed by atoms with Gasteiger partial charge < -0.3 is 10.9 Å². The highest BCUT2D eigenvalue weighted by Crippen LogP contribution is 2.35. The van der Waals surface area contributed by atoms with Gasteiger partial charge in [-0.1, -0.05) is 47.2 Å². The van der Waals surface area contributed by atoms with E-state index in [-0.39, 0.29) is 11.1 Å². The van der Waals surface area contributed by atoms with Gasteiger partial charge in [0.25, 0.3) is 0 Å². The Morgan fingerprint density at radius 3 is 2.55 bits per heavy atom. The molecule has 0 amide bonds. The number of aryl methyl sites for hydroxylation is 1. The molecule has 1 atom stereocenters. The maximum atomic E-state index is 8.76. The SMILES string of the molecule is Cc1cnc(SC(CC(N)=NO)c2ccccc2)nc1. The normalized spacial score (nSPS) is 13.2. The third-order valence-corrected chi connectivity index (χ3v) is 3.84. The molecule has 6 heteroatoms. The maximum Gasteiger partial charge on any atom is 0.188 e. The topological polar surface area (TPSA) is 84.4 Å². The minimum Gasteiger partial charge on any atom is -0.409 e. The van der Waals surface area contributed by atoms with Gasteiger partial charge in [-0.05, 0) is 18.1 Å². The first-order valence-corrected chi connectivity index (χ1v) is 7.03. The summed E-state index contributed by atoms with van der Waals surface area (Å²) < 4.78 is 0. The third kappa shape index (κ3) is 3.96. The second-order valence-corrected chi connectivity index (χ2v) is 5.53. The number of oxime groups is 1. The van der Waals surface area contributed by atoms with Crippen molar-refractivity contribution in [1.29, 1.82) is 0 Å². The first-order valence-electron chi connectivity index (χ1n) is 6.15. The fourth-order valence-corrected chi connectivity index (χ4v) is 2.72. The van der Waals surface area contributed by atoms with Crippen LogP contribution in [-0.4, -0.2) is 21.0 Å². The lowest BCUT2D eigenvalue weighted by Gasteiger charge is -2.15. The smallest absolute Gasteiger partial charge is 0.188 e. The summed E-state index contributed by atoms with van der Waals surface area (Å²) in [4.78, 5) is 8.57. The molecule has 2 rings (SSSR count). The zero-order chi connectivity index (χ0) is 14.4. The quantitative estimate of drug-likeness (QED) is 0.221. The van der Waals surface area contributed by atoms with E-state index in [0.717, 1.165) is 11.1 Å². The van der Waals surface area contributed by atoms with Gasteiger partial charge in [-0.3, -0.25) is 0 Å². The van der Waals surface area contributed by atoms with Crippen molar-refractivity contribution < 1.29 is 5.21 Å². The number of hydrogen-bond acceptors (Lipinski definition) is 5. The second kappa shape index (κ2) is 6.91. The predicted octanol–water partition coefficient (Wildman–Crippen LogP) is 2.75. The van der Waals surface area contributed by atoms with Crippen LogP contribution in [-0.2, 0) is 0 Å². The monoisotopic (exact) mass is 288 g/mol. The molecule has 2 aromatic rings. The van der Waals surface area contributed by atoms with Crippen LogP contribution in [0.1, 0.15) is 22.8 Å². The largest absolute Gasteiger partial charge is 0.409 e. The number of benzene rings is 1. The average Bonchev–Trinajstić information content (AvgIpc) is 2.49. The van der Waals surface area contributed by atoms with Crippen LogP contribution < -0.4 is 5.73 Å². The molecular weight excluding hydrogens is 272 g/mol. The van der Waals surface area contributed by atoms with Crippen LogP contribution >= 0.6 is 11.8 Å². The molecule has 0 saturated carbocycles. The lowest BCUT2D eigenvalue weighted by molar-refractivity contribution is 0.317. The van der Waals surface area contributed by atoms with Crippen LogP contribution in [0.5, 0.6) is 0 Å². The molecule has 1 unspecified atom stereocenters. The summed E-state index contributed by atoms with van der Waals surface area (Å²) in [6, 6.07) is 9.90. The summed E-state index contributed by atoms with van der Waals surface area (Å²) in [7, 11) is 0. The van der Waals surface area contributed by atoms with E-state index in [1.54, 1.807) is 12.4 Å². The lowest BCUT2D eigenvalue weighted by Crippen LogP contribution is -2.15. The summed E-state index contributed by atoms with van der Waals surface area (Å²) in [5.74, 6) is 0.193. The molecule has 0 radical (unpaired) electrons. The predicted molar refractivity (Wildman–Crippen MR) is 79.8 cm³/mol. The van der Waals surface area contributed by atoms with E-state index >= 15 is 0 Å². The Kier molecular flexibility index (Phi) is 4.95. The van der Waals surface area contributed by atoms with E-state index in [0.29, 0.717) is 11.6 Å². The molecule has 1 aromatic heterocycles. The van der Waals surface area contributed by atoms with Crippen molar-refractivity contribution in [2.75, 3.05) is 0 Å². The Labute approximate surface area is 121 Å². The van der Waals surface area contributed by atoms with Gasteiger partial charge >= 0.3 is 0 Å². The molecule has 3 N–H and O–H groups in total.